The lowest BCUT2D eigenvalue weighted by atomic mass is 10.1. The largest absolute Gasteiger partial charge is 0.694 e. The highest BCUT2D eigenvalue weighted by atomic mass is 31.1. The highest BCUT2D eigenvalue weighted by Gasteiger charge is 2.09. The fourth-order valence-electron chi connectivity index (χ4n) is 1.20. The highest BCUT2D eigenvalue weighted by molar-refractivity contribution is 7.32. The van der Waals surface area contributed by atoms with Crippen LogP contribution in [0.3, 0.4) is 0 Å². The normalized spacial score (nSPS) is 11.7. The summed E-state index contributed by atoms with van der Waals surface area (Å²) < 4.78 is 14.6. The first-order valence-electron chi connectivity index (χ1n) is 5.06. The molecule has 0 aromatic rings. The standard InChI is InChI=1S/C9H19O3P/c1-2-3-4-5-6-7-8-9-12-13(10)11/h2-9H2,1H3/p+1. The van der Waals surface area contributed by atoms with E-state index in [4.69, 9.17) is 4.89 Å². The average Bonchev–Trinajstić information content (AvgIpc) is 2.09. The summed E-state index contributed by atoms with van der Waals surface area (Å²) in [6.07, 6.45) is 8.39. The predicted octanol–water partition coefficient (Wildman–Crippen LogP) is 3.40. The van der Waals surface area contributed by atoms with Crippen molar-refractivity contribution in [3.05, 3.63) is 0 Å². The molecule has 3 nitrogen and oxygen atoms in total. The molecule has 0 heterocycles. The van der Waals surface area contributed by atoms with Crippen LogP contribution in [0.25, 0.3) is 0 Å². The van der Waals surface area contributed by atoms with Crippen LogP contribution in [0.2, 0.25) is 0 Å². The SMILES string of the molecule is CCCCCCCCCO[P+](=O)O. The van der Waals surface area contributed by atoms with Crippen LogP contribution in [-0.4, -0.2) is 11.5 Å². The van der Waals surface area contributed by atoms with Crippen molar-refractivity contribution in [2.24, 2.45) is 0 Å². The zero-order chi connectivity index (χ0) is 9.94. The lowest BCUT2D eigenvalue weighted by Gasteiger charge is -1.97. The van der Waals surface area contributed by atoms with E-state index in [1.807, 2.05) is 0 Å². The third kappa shape index (κ3) is 12.0. The maximum absolute atomic E-state index is 10.1. The Labute approximate surface area is 81.4 Å². The van der Waals surface area contributed by atoms with Crippen LogP contribution in [0, 0.1) is 0 Å². The topological polar surface area (TPSA) is 46.5 Å². The summed E-state index contributed by atoms with van der Waals surface area (Å²) in [5.74, 6) is 0. The molecule has 4 heteroatoms. The molecule has 78 valence electrons. The first kappa shape index (κ1) is 13.0. The Hall–Kier alpha value is 0.0200. The molecule has 0 spiro atoms. The zero-order valence-electron chi connectivity index (χ0n) is 8.37. The quantitative estimate of drug-likeness (QED) is 0.465. The molecule has 1 unspecified atom stereocenters. The van der Waals surface area contributed by atoms with Crippen molar-refractivity contribution in [3.8, 4) is 0 Å². The summed E-state index contributed by atoms with van der Waals surface area (Å²) in [5.41, 5.74) is 0. The Morgan fingerprint density at radius 3 is 2.15 bits per heavy atom. The maximum Gasteiger partial charge on any atom is 0.694 e. The first-order valence-corrected chi connectivity index (χ1v) is 6.19. The van der Waals surface area contributed by atoms with Crippen molar-refractivity contribution in [3.63, 3.8) is 0 Å². The van der Waals surface area contributed by atoms with Crippen LogP contribution >= 0.6 is 8.25 Å². The van der Waals surface area contributed by atoms with Crippen molar-refractivity contribution in [2.75, 3.05) is 6.61 Å². The number of rotatable bonds is 9. The molecule has 0 saturated carbocycles. The predicted molar refractivity (Wildman–Crippen MR) is 53.8 cm³/mol. The lowest BCUT2D eigenvalue weighted by Crippen LogP contribution is -1.87. The van der Waals surface area contributed by atoms with Gasteiger partial charge in [0, 0.05) is 4.57 Å². The molecular formula is C9H20O3P+. The van der Waals surface area contributed by atoms with Gasteiger partial charge in [0.2, 0.25) is 0 Å². The molecule has 13 heavy (non-hydrogen) atoms. The van der Waals surface area contributed by atoms with Gasteiger partial charge in [0.05, 0.1) is 0 Å². The molecule has 0 amide bonds. The van der Waals surface area contributed by atoms with Gasteiger partial charge in [0.15, 0.2) is 0 Å². The van der Waals surface area contributed by atoms with E-state index >= 15 is 0 Å². The molecular weight excluding hydrogens is 187 g/mol. The van der Waals surface area contributed by atoms with Gasteiger partial charge in [-0.05, 0) is 6.42 Å². The van der Waals surface area contributed by atoms with Gasteiger partial charge in [-0.15, -0.1) is 9.42 Å². The van der Waals surface area contributed by atoms with E-state index in [-0.39, 0.29) is 0 Å². The van der Waals surface area contributed by atoms with E-state index in [1.54, 1.807) is 0 Å². The minimum Gasteiger partial charge on any atom is -0.133 e. The molecule has 0 aliphatic carbocycles. The minimum absolute atomic E-state index is 0.416. The molecule has 0 rings (SSSR count). The summed E-state index contributed by atoms with van der Waals surface area (Å²) in [5, 5.41) is 0. The molecule has 0 aromatic heterocycles. The molecule has 0 aliphatic heterocycles. The van der Waals surface area contributed by atoms with Gasteiger partial charge >= 0.3 is 8.25 Å². The monoisotopic (exact) mass is 207 g/mol. The van der Waals surface area contributed by atoms with Crippen LogP contribution < -0.4 is 0 Å². The van der Waals surface area contributed by atoms with Gasteiger partial charge in [0.1, 0.15) is 6.61 Å². The maximum atomic E-state index is 10.1. The van der Waals surface area contributed by atoms with Crippen LogP contribution in [-0.2, 0) is 9.09 Å². The van der Waals surface area contributed by atoms with Gasteiger partial charge in [-0.1, -0.05) is 45.4 Å². The fourth-order valence-corrected chi connectivity index (χ4v) is 1.49. The van der Waals surface area contributed by atoms with E-state index < -0.39 is 8.25 Å². The van der Waals surface area contributed by atoms with Crippen LogP contribution in [0.1, 0.15) is 51.9 Å². The Morgan fingerprint density at radius 1 is 1.08 bits per heavy atom. The first-order chi connectivity index (χ1) is 6.27. The highest BCUT2D eigenvalue weighted by Crippen LogP contribution is 2.15. The number of unbranched alkanes of at least 4 members (excludes halogenated alkanes) is 6. The summed E-state index contributed by atoms with van der Waals surface area (Å²) in [7, 11) is -2.38. The van der Waals surface area contributed by atoms with Crippen molar-refractivity contribution in [1.82, 2.24) is 0 Å². The summed E-state index contributed by atoms with van der Waals surface area (Å²) >= 11 is 0. The molecule has 0 saturated heterocycles. The molecule has 0 fully saturated rings. The summed E-state index contributed by atoms with van der Waals surface area (Å²) in [6.45, 7) is 2.62. The Kier molecular flexibility index (Phi) is 10.1. The molecule has 0 aromatic carbocycles. The lowest BCUT2D eigenvalue weighted by molar-refractivity contribution is 0.273. The van der Waals surface area contributed by atoms with Crippen LogP contribution in [0.5, 0.6) is 0 Å². The van der Waals surface area contributed by atoms with E-state index in [2.05, 4.69) is 11.4 Å². The summed E-state index contributed by atoms with van der Waals surface area (Å²) in [6, 6.07) is 0. The Balaban J connectivity index is 2.87. The van der Waals surface area contributed by atoms with Crippen molar-refractivity contribution < 1.29 is 14.0 Å². The van der Waals surface area contributed by atoms with Crippen molar-refractivity contribution >= 4 is 8.25 Å². The Bertz CT molecular complexity index is 128. The molecule has 1 atom stereocenters. The second-order valence-corrected chi connectivity index (χ2v) is 3.93. The van der Waals surface area contributed by atoms with Gasteiger partial charge in [-0.3, -0.25) is 0 Å². The van der Waals surface area contributed by atoms with Gasteiger partial charge in [0.25, 0.3) is 0 Å². The third-order valence-corrected chi connectivity index (χ3v) is 2.35. The van der Waals surface area contributed by atoms with Crippen molar-refractivity contribution in [2.45, 2.75) is 51.9 Å². The van der Waals surface area contributed by atoms with Gasteiger partial charge in [-0.2, -0.15) is 0 Å². The average molecular weight is 207 g/mol. The van der Waals surface area contributed by atoms with E-state index in [0.717, 1.165) is 12.8 Å². The fraction of sp³-hybridized carbons (Fsp3) is 1.00. The van der Waals surface area contributed by atoms with Crippen LogP contribution in [0.4, 0.5) is 0 Å². The second-order valence-electron chi connectivity index (χ2n) is 3.19. The second kappa shape index (κ2) is 10.1. The summed E-state index contributed by atoms with van der Waals surface area (Å²) in [4.78, 5) is 8.31. The smallest absolute Gasteiger partial charge is 0.133 e. The third-order valence-electron chi connectivity index (χ3n) is 1.95. The van der Waals surface area contributed by atoms with Crippen LogP contribution in [0.15, 0.2) is 0 Å². The Morgan fingerprint density at radius 2 is 1.62 bits per heavy atom. The molecule has 1 N–H and O–H groups in total. The van der Waals surface area contributed by atoms with E-state index in [0.29, 0.717) is 6.61 Å². The van der Waals surface area contributed by atoms with Gasteiger partial charge in [-0.25, -0.2) is 0 Å². The van der Waals surface area contributed by atoms with E-state index in [1.165, 1.54) is 32.1 Å². The molecule has 0 aliphatic rings. The van der Waals surface area contributed by atoms with Crippen molar-refractivity contribution in [1.29, 1.82) is 0 Å². The number of hydrogen-bond donors (Lipinski definition) is 1. The number of hydrogen-bond acceptors (Lipinski definition) is 2. The molecule has 0 radical (unpaired) electrons. The van der Waals surface area contributed by atoms with Gasteiger partial charge < -0.3 is 0 Å². The zero-order valence-corrected chi connectivity index (χ0v) is 9.26. The molecule has 0 bridgehead atoms. The minimum atomic E-state index is -2.38. The van der Waals surface area contributed by atoms with E-state index in [9.17, 15) is 4.57 Å².